The van der Waals surface area contributed by atoms with Gasteiger partial charge in [0.05, 0.1) is 19.8 Å². The molecular weight excluding hydrogens is 418 g/mol. The Morgan fingerprint density at radius 3 is 2.34 bits per heavy atom. The predicted octanol–water partition coefficient (Wildman–Crippen LogP) is 3.48. The average molecular weight is 441 g/mol. The second-order valence-corrected chi connectivity index (χ2v) is 6.60. The SMILES string of the molecule is CCOCCOCCOc1ccc2nc(-c3ccc(C=C(C(=O)O)C(=O)O)cc3)oc2c1. The van der Waals surface area contributed by atoms with E-state index in [1.54, 1.807) is 42.5 Å². The zero-order chi connectivity index (χ0) is 22.9. The van der Waals surface area contributed by atoms with E-state index in [2.05, 4.69) is 4.98 Å². The molecule has 0 atom stereocenters. The van der Waals surface area contributed by atoms with Crippen molar-refractivity contribution in [1.29, 1.82) is 0 Å². The highest BCUT2D eigenvalue weighted by atomic mass is 16.5. The molecule has 1 aromatic heterocycles. The Balaban J connectivity index is 1.65. The van der Waals surface area contributed by atoms with Gasteiger partial charge in [0, 0.05) is 18.2 Å². The number of aliphatic carboxylic acids is 2. The number of carboxylic acid groups (broad SMARTS) is 2. The van der Waals surface area contributed by atoms with E-state index in [9.17, 15) is 9.59 Å². The molecule has 32 heavy (non-hydrogen) atoms. The smallest absolute Gasteiger partial charge is 0.343 e. The third-order valence-corrected chi connectivity index (χ3v) is 4.36. The minimum absolute atomic E-state index is 0.378. The van der Waals surface area contributed by atoms with Gasteiger partial charge in [0.2, 0.25) is 5.89 Å². The zero-order valence-corrected chi connectivity index (χ0v) is 17.4. The highest BCUT2D eigenvalue weighted by Crippen LogP contribution is 2.27. The maximum atomic E-state index is 11.0. The van der Waals surface area contributed by atoms with E-state index in [-0.39, 0.29) is 0 Å². The van der Waals surface area contributed by atoms with Gasteiger partial charge in [-0.1, -0.05) is 12.1 Å². The molecule has 2 aromatic carbocycles. The van der Waals surface area contributed by atoms with Crippen molar-refractivity contribution in [3.63, 3.8) is 0 Å². The van der Waals surface area contributed by atoms with Crippen LogP contribution in [0.4, 0.5) is 0 Å². The standard InChI is InChI=1S/C23H23NO8/c1-2-29-9-10-30-11-12-31-17-7-8-19-20(14-17)32-21(24-19)16-5-3-15(4-6-16)13-18(22(25)26)23(27)28/h3-8,13-14H,2,9-12H2,1H3,(H,25,26)(H,27,28). The second-order valence-electron chi connectivity index (χ2n) is 6.60. The van der Waals surface area contributed by atoms with Gasteiger partial charge < -0.3 is 28.8 Å². The Labute approximate surface area is 183 Å². The van der Waals surface area contributed by atoms with E-state index in [1.807, 2.05) is 6.92 Å². The van der Waals surface area contributed by atoms with Crippen LogP contribution in [0.15, 0.2) is 52.5 Å². The van der Waals surface area contributed by atoms with Crippen LogP contribution in [-0.4, -0.2) is 60.2 Å². The fourth-order valence-electron chi connectivity index (χ4n) is 2.80. The van der Waals surface area contributed by atoms with Crippen LogP contribution in [0.5, 0.6) is 5.75 Å². The summed E-state index contributed by atoms with van der Waals surface area (Å²) in [6, 6.07) is 11.9. The zero-order valence-electron chi connectivity index (χ0n) is 17.4. The van der Waals surface area contributed by atoms with Crippen molar-refractivity contribution in [1.82, 2.24) is 4.98 Å². The fourth-order valence-corrected chi connectivity index (χ4v) is 2.80. The summed E-state index contributed by atoms with van der Waals surface area (Å²) in [5.41, 5.74) is 1.59. The maximum Gasteiger partial charge on any atom is 0.343 e. The van der Waals surface area contributed by atoms with E-state index >= 15 is 0 Å². The predicted molar refractivity (Wildman–Crippen MR) is 116 cm³/mol. The van der Waals surface area contributed by atoms with Crippen LogP contribution in [0, 0.1) is 0 Å². The van der Waals surface area contributed by atoms with Gasteiger partial charge in [-0.15, -0.1) is 0 Å². The lowest BCUT2D eigenvalue weighted by Gasteiger charge is -2.07. The molecule has 3 rings (SSSR count). The van der Waals surface area contributed by atoms with Gasteiger partial charge in [-0.05, 0) is 42.8 Å². The lowest BCUT2D eigenvalue weighted by atomic mass is 10.1. The summed E-state index contributed by atoms with van der Waals surface area (Å²) in [4.78, 5) is 26.4. The Kier molecular flexibility index (Phi) is 7.96. The van der Waals surface area contributed by atoms with Gasteiger partial charge in [0.25, 0.3) is 0 Å². The normalized spacial score (nSPS) is 10.8. The molecule has 168 valence electrons. The molecule has 0 bridgehead atoms. The fraction of sp³-hybridized carbons (Fsp3) is 0.261. The Morgan fingerprint density at radius 1 is 0.969 bits per heavy atom. The summed E-state index contributed by atoms with van der Waals surface area (Å²) in [7, 11) is 0. The van der Waals surface area contributed by atoms with Crippen LogP contribution < -0.4 is 4.74 Å². The van der Waals surface area contributed by atoms with Gasteiger partial charge >= 0.3 is 11.9 Å². The molecular formula is C23H23NO8. The van der Waals surface area contributed by atoms with Crippen molar-refractivity contribution in [3.8, 4) is 17.2 Å². The number of benzene rings is 2. The number of oxazole rings is 1. The monoisotopic (exact) mass is 441 g/mol. The Hall–Kier alpha value is -3.69. The molecule has 3 aromatic rings. The summed E-state index contributed by atoms with van der Waals surface area (Å²) in [6.07, 6.45) is 1.09. The van der Waals surface area contributed by atoms with Crippen LogP contribution in [0.3, 0.4) is 0 Å². The number of nitrogens with zero attached hydrogens (tertiary/aromatic N) is 1. The second kappa shape index (κ2) is 11.1. The van der Waals surface area contributed by atoms with Crippen LogP contribution in [-0.2, 0) is 19.1 Å². The molecule has 0 unspecified atom stereocenters. The quantitative estimate of drug-likeness (QED) is 0.188. The molecule has 9 nitrogen and oxygen atoms in total. The topological polar surface area (TPSA) is 128 Å². The lowest BCUT2D eigenvalue weighted by molar-refractivity contribution is -0.140. The van der Waals surface area contributed by atoms with Crippen molar-refractivity contribution in [3.05, 3.63) is 53.6 Å². The van der Waals surface area contributed by atoms with Gasteiger partial charge in [0.15, 0.2) is 5.58 Å². The summed E-state index contributed by atoms with van der Waals surface area (Å²) in [5, 5.41) is 17.9. The molecule has 0 fully saturated rings. The number of aromatic nitrogens is 1. The van der Waals surface area contributed by atoms with Gasteiger partial charge in [0.1, 0.15) is 23.4 Å². The minimum atomic E-state index is -1.50. The number of fused-ring (bicyclic) bond motifs is 1. The van der Waals surface area contributed by atoms with Crippen molar-refractivity contribution in [2.45, 2.75) is 6.92 Å². The first kappa shape index (κ1) is 23.0. The first-order valence-corrected chi connectivity index (χ1v) is 9.95. The van der Waals surface area contributed by atoms with E-state index in [0.717, 1.165) is 6.08 Å². The molecule has 0 radical (unpaired) electrons. The van der Waals surface area contributed by atoms with E-state index in [1.165, 1.54) is 0 Å². The van der Waals surface area contributed by atoms with Crippen molar-refractivity contribution in [2.24, 2.45) is 0 Å². The largest absolute Gasteiger partial charge is 0.491 e. The molecule has 0 saturated heterocycles. The Morgan fingerprint density at radius 2 is 1.66 bits per heavy atom. The van der Waals surface area contributed by atoms with Crippen LogP contribution in [0.25, 0.3) is 28.6 Å². The molecule has 0 aliphatic carbocycles. The highest BCUT2D eigenvalue weighted by molar-refractivity contribution is 6.16. The molecule has 0 amide bonds. The van der Waals surface area contributed by atoms with Crippen molar-refractivity contribution < 1.29 is 38.4 Å². The van der Waals surface area contributed by atoms with Crippen LogP contribution >= 0.6 is 0 Å². The Bertz CT molecular complexity index is 1080. The maximum absolute atomic E-state index is 11.0. The number of hydrogen-bond donors (Lipinski definition) is 2. The van der Waals surface area contributed by atoms with Gasteiger partial charge in [-0.25, -0.2) is 14.6 Å². The summed E-state index contributed by atoms with van der Waals surface area (Å²) in [5.74, 6) is -2.00. The molecule has 9 heteroatoms. The molecule has 0 aliphatic rings. The number of rotatable bonds is 12. The number of carboxylic acids is 2. The third-order valence-electron chi connectivity index (χ3n) is 4.36. The van der Waals surface area contributed by atoms with Crippen LogP contribution in [0.2, 0.25) is 0 Å². The first-order valence-electron chi connectivity index (χ1n) is 9.95. The molecule has 0 spiro atoms. The number of carbonyl (C=O) groups is 2. The number of ether oxygens (including phenoxy) is 3. The minimum Gasteiger partial charge on any atom is -0.491 e. The summed E-state index contributed by atoms with van der Waals surface area (Å²) in [6.45, 7) is 4.50. The molecule has 2 N–H and O–H groups in total. The van der Waals surface area contributed by atoms with E-state index in [4.69, 9.17) is 28.8 Å². The summed E-state index contributed by atoms with van der Waals surface area (Å²) >= 11 is 0. The average Bonchev–Trinajstić information content (AvgIpc) is 3.20. The van der Waals surface area contributed by atoms with Gasteiger partial charge in [-0.3, -0.25) is 0 Å². The van der Waals surface area contributed by atoms with Crippen molar-refractivity contribution >= 4 is 29.1 Å². The third kappa shape index (κ3) is 6.16. The molecule has 0 saturated carbocycles. The lowest BCUT2D eigenvalue weighted by Crippen LogP contribution is -2.10. The van der Waals surface area contributed by atoms with Crippen LogP contribution in [0.1, 0.15) is 12.5 Å². The van der Waals surface area contributed by atoms with E-state index in [0.29, 0.717) is 66.9 Å². The summed E-state index contributed by atoms with van der Waals surface area (Å²) < 4.78 is 22.1. The van der Waals surface area contributed by atoms with Gasteiger partial charge in [-0.2, -0.15) is 0 Å². The van der Waals surface area contributed by atoms with Crippen molar-refractivity contribution in [2.75, 3.05) is 33.0 Å². The first-order chi connectivity index (χ1) is 15.5. The van der Waals surface area contributed by atoms with E-state index < -0.39 is 17.5 Å². The highest BCUT2D eigenvalue weighted by Gasteiger charge is 2.16. The molecule has 1 heterocycles. The number of hydrogen-bond acceptors (Lipinski definition) is 7. The molecule has 0 aliphatic heterocycles.